The molecular formula is C13H16FN3O. The molecule has 4 nitrogen and oxygen atoms in total. The fourth-order valence-electron chi connectivity index (χ4n) is 1.86. The van der Waals surface area contributed by atoms with Gasteiger partial charge in [0.15, 0.2) is 0 Å². The summed E-state index contributed by atoms with van der Waals surface area (Å²) in [6.07, 6.45) is 1.71. The van der Waals surface area contributed by atoms with Crippen LogP contribution in [0, 0.1) is 12.7 Å². The molecule has 0 spiro atoms. The Morgan fingerprint density at radius 1 is 1.50 bits per heavy atom. The van der Waals surface area contributed by atoms with E-state index in [-0.39, 0.29) is 18.5 Å². The third-order valence-electron chi connectivity index (χ3n) is 3.00. The molecule has 0 saturated carbocycles. The zero-order valence-electron chi connectivity index (χ0n) is 10.4. The lowest BCUT2D eigenvalue weighted by Crippen LogP contribution is -2.15. The molecule has 0 bridgehead atoms. The van der Waals surface area contributed by atoms with E-state index in [0.29, 0.717) is 5.69 Å². The van der Waals surface area contributed by atoms with Gasteiger partial charge in [0, 0.05) is 24.0 Å². The van der Waals surface area contributed by atoms with Gasteiger partial charge in [-0.25, -0.2) is 4.39 Å². The fraction of sp³-hybridized carbons (Fsp3) is 0.308. The Morgan fingerprint density at radius 2 is 2.28 bits per heavy atom. The largest absolute Gasteiger partial charge is 0.394 e. The average Bonchev–Trinajstić information content (AvgIpc) is 2.67. The molecule has 18 heavy (non-hydrogen) atoms. The third kappa shape index (κ3) is 2.51. The van der Waals surface area contributed by atoms with Crippen molar-refractivity contribution in [3.8, 4) is 0 Å². The summed E-state index contributed by atoms with van der Waals surface area (Å²) in [6.45, 7) is 1.85. The summed E-state index contributed by atoms with van der Waals surface area (Å²) in [7, 11) is 1.84. The molecule has 0 aliphatic carbocycles. The molecule has 1 heterocycles. The molecule has 2 aromatic rings. The summed E-state index contributed by atoms with van der Waals surface area (Å²) in [5.41, 5.74) is 2.51. The maximum Gasteiger partial charge on any atom is 0.125 e. The van der Waals surface area contributed by atoms with Gasteiger partial charge in [-0.15, -0.1) is 0 Å². The van der Waals surface area contributed by atoms with Gasteiger partial charge in [-0.05, 0) is 25.1 Å². The van der Waals surface area contributed by atoms with Gasteiger partial charge in [0.1, 0.15) is 5.82 Å². The van der Waals surface area contributed by atoms with E-state index in [0.717, 1.165) is 11.3 Å². The van der Waals surface area contributed by atoms with Gasteiger partial charge in [-0.1, -0.05) is 6.07 Å². The molecule has 0 saturated heterocycles. The molecule has 2 N–H and O–H groups in total. The van der Waals surface area contributed by atoms with E-state index in [1.807, 2.05) is 14.0 Å². The van der Waals surface area contributed by atoms with Crippen LogP contribution in [-0.4, -0.2) is 21.5 Å². The standard InChI is InChI=1S/C13H16FN3O/c1-9-12(7-15-17(9)2)13(8-18)16-11-5-3-4-10(14)6-11/h3-7,13,16,18H,8H2,1-2H3. The second kappa shape index (κ2) is 5.18. The summed E-state index contributed by atoms with van der Waals surface area (Å²) in [5.74, 6) is -0.306. The van der Waals surface area contributed by atoms with E-state index in [2.05, 4.69) is 10.4 Å². The van der Waals surface area contributed by atoms with Crippen LogP contribution in [0.25, 0.3) is 0 Å². The van der Waals surface area contributed by atoms with Gasteiger partial charge in [-0.2, -0.15) is 5.10 Å². The van der Waals surface area contributed by atoms with Gasteiger partial charge < -0.3 is 10.4 Å². The SMILES string of the molecule is Cc1c(C(CO)Nc2cccc(F)c2)cnn1C. The smallest absolute Gasteiger partial charge is 0.125 e. The second-order valence-corrected chi connectivity index (χ2v) is 4.20. The lowest BCUT2D eigenvalue weighted by atomic mass is 10.1. The quantitative estimate of drug-likeness (QED) is 0.871. The highest BCUT2D eigenvalue weighted by atomic mass is 19.1. The van der Waals surface area contributed by atoms with Crippen molar-refractivity contribution in [2.24, 2.45) is 7.05 Å². The Kier molecular flexibility index (Phi) is 3.62. The van der Waals surface area contributed by atoms with Gasteiger partial charge in [-0.3, -0.25) is 4.68 Å². The minimum Gasteiger partial charge on any atom is -0.394 e. The second-order valence-electron chi connectivity index (χ2n) is 4.20. The molecule has 2 rings (SSSR count). The van der Waals surface area contributed by atoms with Crippen molar-refractivity contribution >= 4 is 5.69 Å². The Hall–Kier alpha value is -1.88. The topological polar surface area (TPSA) is 50.1 Å². The molecule has 5 heteroatoms. The highest BCUT2D eigenvalue weighted by Gasteiger charge is 2.15. The maximum atomic E-state index is 13.1. The van der Waals surface area contributed by atoms with Crippen molar-refractivity contribution in [2.45, 2.75) is 13.0 Å². The molecule has 1 aromatic heterocycles. The van der Waals surface area contributed by atoms with Crippen LogP contribution in [0.5, 0.6) is 0 Å². The zero-order valence-corrected chi connectivity index (χ0v) is 10.4. The summed E-state index contributed by atoms with van der Waals surface area (Å²) in [6, 6.07) is 5.88. The number of aromatic nitrogens is 2. The zero-order chi connectivity index (χ0) is 13.1. The summed E-state index contributed by atoms with van der Waals surface area (Å²) >= 11 is 0. The van der Waals surface area contributed by atoms with E-state index < -0.39 is 0 Å². The van der Waals surface area contributed by atoms with Crippen molar-refractivity contribution in [3.05, 3.63) is 47.5 Å². The number of hydrogen-bond donors (Lipinski definition) is 2. The lowest BCUT2D eigenvalue weighted by molar-refractivity contribution is 0.276. The van der Waals surface area contributed by atoms with Crippen molar-refractivity contribution in [1.82, 2.24) is 9.78 Å². The molecule has 0 aliphatic heterocycles. The maximum absolute atomic E-state index is 13.1. The van der Waals surface area contributed by atoms with Crippen LogP contribution in [0.4, 0.5) is 10.1 Å². The van der Waals surface area contributed by atoms with Crippen molar-refractivity contribution < 1.29 is 9.50 Å². The van der Waals surface area contributed by atoms with E-state index in [1.165, 1.54) is 12.1 Å². The molecule has 96 valence electrons. The molecule has 0 fully saturated rings. The molecule has 0 radical (unpaired) electrons. The summed E-state index contributed by atoms with van der Waals surface area (Å²) in [4.78, 5) is 0. The number of benzene rings is 1. The molecule has 1 atom stereocenters. The molecule has 1 aromatic carbocycles. The van der Waals surface area contributed by atoms with Crippen LogP contribution in [-0.2, 0) is 7.05 Å². The average molecular weight is 249 g/mol. The Balaban J connectivity index is 2.22. The van der Waals surface area contributed by atoms with Crippen molar-refractivity contribution in [1.29, 1.82) is 0 Å². The summed E-state index contributed by atoms with van der Waals surface area (Å²) in [5, 5.41) is 16.7. The van der Waals surface area contributed by atoms with Gasteiger partial charge >= 0.3 is 0 Å². The number of aryl methyl sites for hydroxylation is 1. The fourth-order valence-corrected chi connectivity index (χ4v) is 1.86. The number of halogens is 1. The third-order valence-corrected chi connectivity index (χ3v) is 3.00. The van der Waals surface area contributed by atoms with E-state index in [1.54, 1.807) is 23.0 Å². The van der Waals surface area contributed by atoms with Crippen molar-refractivity contribution in [3.63, 3.8) is 0 Å². The first-order chi connectivity index (χ1) is 8.61. The van der Waals surface area contributed by atoms with Crippen LogP contribution in [0.2, 0.25) is 0 Å². The first-order valence-electron chi connectivity index (χ1n) is 5.73. The highest BCUT2D eigenvalue weighted by Crippen LogP contribution is 2.22. The van der Waals surface area contributed by atoms with Crippen LogP contribution >= 0.6 is 0 Å². The van der Waals surface area contributed by atoms with Crippen LogP contribution in [0.1, 0.15) is 17.3 Å². The van der Waals surface area contributed by atoms with Gasteiger partial charge in [0.2, 0.25) is 0 Å². The monoisotopic (exact) mass is 249 g/mol. The Morgan fingerprint density at radius 3 is 2.83 bits per heavy atom. The first kappa shape index (κ1) is 12.6. The molecule has 0 aliphatic rings. The number of rotatable bonds is 4. The number of aliphatic hydroxyl groups is 1. The minimum absolute atomic E-state index is 0.0803. The predicted octanol–water partition coefficient (Wildman–Crippen LogP) is 2.01. The van der Waals surface area contributed by atoms with E-state index >= 15 is 0 Å². The van der Waals surface area contributed by atoms with Crippen LogP contribution in [0.3, 0.4) is 0 Å². The minimum atomic E-state index is -0.306. The van der Waals surface area contributed by atoms with Crippen LogP contribution < -0.4 is 5.32 Å². The normalized spacial score (nSPS) is 12.4. The number of hydrogen-bond acceptors (Lipinski definition) is 3. The van der Waals surface area contributed by atoms with Crippen LogP contribution in [0.15, 0.2) is 30.5 Å². The van der Waals surface area contributed by atoms with Gasteiger partial charge in [0.25, 0.3) is 0 Å². The molecular weight excluding hydrogens is 233 g/mol. The number of nitrogens with zero attached hydrogens (tertiary/aromatic N) is 2. The van der Waals surface area contributed by atoms with E-state index in [4.69, 9.17) is 0 Å². The predicted molar refractivity (Wildman–Crippen MR) is 67.8 cm³/mol. The number of aliphatic hydroxyl groups excluding tert-OH is 1. The van der Waals surface area contributed by atoms with E-state index in [9.17, 15) is 9.50 Å². The highest BCUT2D eigenvalue weighted by molar-refractivity contribution is 5.46. The Bertz CT molecular complexity index is 539. The number of anilines is 1. The number of nitrogens with one attached hydrogen (secondary N) is 1. The Labute approximate surface area is 105 Å². The first-order valence-corrected chi connectivity index (χ1v) is 5.73. The molecule has 0 amide bonds. The summed E-state index contributed by atoms with van der Waals surface area (Å²) < 4.78 is 14.8. The molecule has 1 unspecified atom stereocenters. The van der Waals surface area contributed by atoms with Gasteiger partial charge in [0.05, 0.1) is 18.8 Å². The lowest BCUT2D eigenvalue weighted by Gasteiger charge is -2.17. The van der Waals surface area contributed by atoms with Crippen molar-refractivity contribution in [2.75, 3.05) is 11.9 Å².